The maximum atomic E-state index is 13.3. The Morgan fingerprint density at radius 1 is 1.00 bits per heavy atom. The lowest BCUT2D eigenvalue weighted by Gasteiger charge is -2.15. The SMILES string of the molecule is CC(C)c1nc2sc3ccccc3c(=O)c2c(=O)n1CCc1ccccc1. The van der Waals surface area contributed by atoms with Crippen LogP contribution >= 0.6 is 11.3 Å². The number of fused-ring (bicyclic) bond motifs is 2. The zero-order valence-corrected chi connectivity index (χ0v) is 16.1. The van der Waals surface area contributed by atoms with E-state index in [-0.39, 0.29) is 22.3 Å². The van der Waals surface area contributed by atoms with Gasteiger partial charge in [0.25, 0.3) is 5.56 Å². The molecule has 5 heteroatoms. The average molecular weight is 376 g/mol. The highest BCUT2D eigenvalue weighted by Gasteiger charge is 2.18. The van der Waals surface area contributed by atoms with Crippen molar-refractivity contribution in [3.63, 3.8) is 0 Å². The number of aromatic nitrogens is 2. The number of benzene rings is 2. The van der Waals surface area contributed by atoms with Gasteiger partial charge in [0.05, 0.1) is 0 Å². The van der Waals surface area contributed by atoms with E-state index in [1.807, 2.05) is 62.4 Å². The van der Waals surface area contributed by atoms with Crippen molar-refractivity contribution in [3.8, 4) is 0 Å². The molecule has 0 fully saturated rings. The molecule has 0 radical (unpaired) electrons. The van der Waals surface area contributed by atoms with Crippen LogP contribution in [0.5, 0.6) is 0 Å². The van der Waals surface area contributed by atoms with Gasteiger partial charge in [0.1, 0.15) is 16.0 Å². The predicted octanol–water partition coefficient (Wildman–Crippen LogP) is 4.34. The van der Waals surface area contributed by atoms with Crippen LogP contribution in [0.4, 0.5) is 0 Å². The van der Waals surface area contributed by atoms with E-state index in [0.717, 1.165) is 22.5 Å². The van der Waals surface area contributed by atoms with Crippen LogP contribution in [0.1, 0.15) is 31.2 Å². The number of hydrogen-bond acceptors (Lipinski definition) is 4. The van der Waals surface area contributed by atoms with Crippen molar-refractivity contribution >= 4 is 31.6 Å². The number of hydrogen-bond donors (Lipinski definition) is 0. The molecular weight excluding hydrogens is 356 g/mol. The van der Waals surface area contributed by atoms with Crippen molar-refractivity contribution in [1.29, 1.82) is 0 Å². The Balaban J connectivity index is 1.94. The molecule has 0 bridgehead atoms. The molecular formula is C22H20N2O2S. The van der Waals surface area contributed by atoms with E-state index < -0.39 is 0 Å². The first-order valence-corrected chi connectivity index (χ1v) is 9.88. The molecule has 27 heavy (non-hydrogen) atoms. The number of nitrogens with zero attached hydrogens (tertiary/aromatic N) is 2. The highest BCUT2D eigenvalue weighted by atomic mass is 32.1. The fourth-order valence-electron chi connectivity index (χ4n) is 3.34. The van der Waals surface area contributed by atoms with Crippen molar-refractivity contribution in [3.05, 3.63) is 86.6 Å². The van der Waals surface area contributed by atoms with Crippen molar-refractivity contribution in [2.75, 3.05) is 0 Å². The molecule has 136 valence electrons. The van der Waals surface area contributed by atoms with Gasteiger partial charge in [-0.2, -0.15) is 0 Å². The van der Waals surface area contributed by atoms with Crippen molar-refractivity contribution in [2.45, 2.75) is 32.7 Å². The van der Waals surface area contributed by atoms with Gasteiger partial charge in [-0.3, -0.25) is 14.2 Å². The molecule has 2 aromatic heterocycles. The fraction of sp³-hybridized carbons (Fsp3) is 0.227. The average Bonchev–Trinajstić information content (AvgIpc) is 2.67. The Labute approximate surface area is 160 Å². The third kappa shape index (κ3) is 3.19. The molecule has 0 atom stereocenters. The summed E-state index contributed by atoms with van der Waals surface area (Å²) >= 11 is 1.41. The lowest BCUT2D eigenvalue weighted by Crippen LogP contribution is -2.30. The van der Waals surface area contributed by atoms with Crippen molar-refractivity contribution < 1.29 is 0 Å². The van der Waals surface area contributed by atoms with Gasteiger partial charge < -0.3 is 0 Å². The van der Waals surface area contributed by atoms with Crippen LogP contribution in [0.25, 0.3) is 20.3 Å². The summed E-state index contributed by atoms with van der Waals surface area (Å²) in [5.74, 6) is 0.820. The number of rotatable bonds is 4. The minimum Gasteiger partial charge on any atom is -0.295 e. The van der Waals surface area contributed by atoms with Gasteiger partial charge in [-0.15, -0.1) is 11.3 Å². The normalized spacial score (nSPS) is 11.5. The van der Waals surface area contributed by atoms with Crippen LogP contribution in [0.3, 0.4) is 0 Å². The first-order valence-electron chi connectivity index (χ1n) is 9.06. The van der Waals surface area contributed by atoms with E-state index in [4.69, 9.17) is 4.98 Å². The van der Waals surface area contributed by atoms with E-state index in [1.54, 1.807) is 10.6 Å². The molecule has 0 aliphatic carbocycles. The van der Waals surface area contributed by atoms with Gasteiger partial charge in [0.15, 0.2) is 0 Å². The zero-order chi connectivity index (χ0) is 19.0. The Kier molecular flexibility index (Phi) is 4.62. The van der Waals surface area contributed by atoms with Gasteiger partial charge in [-0.05, 0) is 24.1 Å². The standard InChI is InChI=1S/C22H20N2O2S/c1-14(2)20-23-21-18(19(25)16-10-6-7-11-17(16)27-21)22(26)24(20)13-12-15-8-4-3-5-9-15/h3-11,14H,12-13H2,1-2H3. The van der Waals surface area contributed by atoms with Crippen LogP contribution in [-0.2, 0) is 13.0 Å². The Bertz CT molecular complexity index is 1240. The Morgan fingerprint density at radius 2 is 1.70 bits per heavy atom. The van der Waals surface area contributed by atoms with Gasteiger partial charge in [-0.1, -0.05) is 56.3 Å². The van der Waals surface area contributed by atoms with Crippen LogP contribution in [0.15, 0.2) is 64.2 Å². The quantitative estimate of drug-likeness (QED) is 0.498. The second-order valence-electron chi connectivity index (χ2n) is 6.92. The maximum absolute atomic E-state index is 13.3. The van der Waals surface area contributed by atoms with E-state index in [0.29, 0.717) is 16.8 Å². The molecule has 4 nitrogen and oxygen atoms in total. The summed E-state index contributed by atoms with van der Waals surface area (Å²) in [5, 5.41) is 0.789. The monoisotopic (exact) mass is 376 g/mol. The molecule has 2 aromatic carbocycles. The molecule has 0 spiro atoms. The molecule has 4 rings (SSSR count). The summed E-state index contributed by atoms with van der Waals surface area (Å²) in [7, 11) is 0. The van der Waals surface area contributed by atoms with Crippen LogP contribution in [0, 0.1) is 0 Å². The second-order valence-corrected chi connectivity index (χ2v) is 7.96. The van der Waals surface area contributed by atoms with Gasteiger partial charge in [0.2, 0.25) is 5.43 Å². The lowest BCUT2D eigenvalue weighted by molar-refractivity contribution is 0.589. The first-order chi connectivity index (χ1) is 13.1. The van der Waals surface area contributed by atoms with Crippen LogP contribution in [0.2, 0.25) is 0 Å². The van der Waals surface area contributed by atoms with Gasteiger partial charge in [0, 0.05) is 22.5 Å². The fourth-order valence-corrected chi connectivity index (χ4v) is 4.39. The van der Waals surface area contributed by atoms with E-state index in [9.17, 15) is 9.59 Å². The van der Waals surface area contributed by atoms with Gasteiger partial charge in [-0.25, -0.2) is 4.98 Å². The van der Waals surface area contributed by atoms with Crippen LogP contribution < -0.4 is 11.0 Å². The third-order valence-corrected chi connectivity index (χ3v) is 5.78. The Morgan fingerprint density at radius 3 is 2.44 bits per heavy atom. The molecule has 2 heterocycles. The highest BCUT2D eigenvalue weighted by molar-refractivity contribution is 7.24. The summed E-state index contributed by atoms with van der Waals surface area (Å²) in [6, 6.07) is 17.4. The summed E-state index contributed by atoms with van der Waals surface area (Å²) in [5.41, 5.74) is 0.704. The molecule has 0 saturated carbocycles. The highest BCUT2D eigenvalue weighted by Crippen LogP contribution is 2.23. The molecule has 0 saturated heterocycles. The molecule has 0 unspecified atom stereocenters. The zero-order valence-electron chi connectivity index (χ0n) is 15.3. The second kappa shape index (κ2) is 7.08. The minimum absolute atomic E-state index is 0.0895. The molecule has 0 N–H and O–H groups in total. The summed E-state index contributed by atoms with van der Waals surface area (Å²) < 4.78 is 2.54. The van der Waals surface area contributed by atoms with Crippen molar-refractivity contribution in [1.82, 2.24) is 9.55 Å². The first kappa shape index (κ1) is 17.6. The topological polar surface area (TPSA) is 52.0 Å². The smallest absolute Gasteiger partial charge is 0.266 e. The largest absolute Gasteiger partial charge is 0.295 e. The van der Waals surface area contributed by atoms with E-state index >= 15 is 0 Å². The van der Waals surface area contributed by atoms with E-state index in [2.05, 4.69) is 0 Å². The molecule has 0 aliphatic heterocycles. The summed E-state index contributed by atoms with van der Waals surface area (Å²) in [6.45, 7) is 4.56. The molecule has 0 aliphatic rings. The molecule has 4 aromatic rings. The van der Waals surface area contributed by atoms with Crippen molar-refractivity contribution in [2.24, 2.45) is 0 Å². The summed E-state index contributed by atoms with van der Waals surface area (Å²) in [6.07, 6.45) is 0.721. The lowest BCUT2D eigenvalue weighted by atomic mass is 10.1. The maximum Gasteiger partial charge on any atom is 0.266 e. The number of aryl methyl sites for hydroxylation is 1. The summed E-state index contributed by atoms with van der Waals surface area (Å²) in [4.78, 5) is 31.5. The predicted molar refractivity (Wildman–Crippen MR) is 112 cm³/mol. The van der Waals surface area contributed by atoms with E-state index in [1.165, 1.54) is 11.3 Å². The Hall–Kier alpha value is -2.79. The van der Waals surface area contributed by atoms with Gasteiger partial charge >= 0.3 is 0 Å². The minimum atomic E-state index is -0.230. The van der Waals surface area contributed by atoms with Crippen LogP contribution in [-0.4, -0.2) is 9.55 Å². The third-order valence-electron chi connectivity index (χ3n) is 4.71. The molecule has 0 amide bonds.